The highest BCUT2D eigenvalue weighted by atomic mass is 32.1. The first-order valence-electron chi connectivity index (χ1n) is 2.69. The Bertz CT molecular complexity index is 169. The van der Waals surface area contributed by atoms with Crippen LogP contribution in [0.5, 0.6) is 0 Å². The fourth-order valence-corrected chi connectivity index (χ4v) is 0.985. The van der Waals surface area contributed by atoms with E-state index in [0.29, 0.717) is 0 Å². The van der Waals surface area contributed by atoms with Gasteiger partial charge in [-0.25, -0.2) is 0 Å². The number of hydrogen-bond acceptors (Lipinski definition) is 3. The number of nitrogens with zero attached hydrogens (tertiary/aromatic N) is 1. The minimum Gasteiger partial charge on any atom is -0.372 e. The minimum atomic E-state index is 0.808. The van der Waals surface area contributed by atoms with Gasteiger partial charge in [0.1, 0.15) is 5.00 Å². The van der Waals surface area contributed by atoms with Crippen LogP contribution in [0.2, 0.25) is 0 Å². The standard InChI is InChI=1S/C6H8N2S/c1-2-4-7-6-3-5-8-9-6/h2-3,5,7H,1,4H2. The second kappa shape index (κ2) is 3.25. The summed E-state index contributed by atoms with van der Waals surface area (Å²) in [7, 11) is 0. The zero-order chi connectivity index (χ0) is 6.53. The summed E-state index contributed by atoms with van der Waals surface area (Å²) in [4.78, 5) is 0. The molecule has 9 heavy (non-hydrogen) atoms. The highest BCUT2D eigenvalue weighted by molar-refractivity contribution is 7.10. The number of nitrogens with one attached hydrogen (secondary N) is 1. The lowest BCUT2D eigenvalue weighted by Crippen LogP contribution is -1.93. The molecule has 0 unspecified atom stereocenters. The lowest BCUT2D eigenvalue weighted by Gasteiger charge is -1.93. The van der Waals surface area contributed by atoms with E-state index >= 15 is 0 Å². The molecule has 0 atom stereocenters. The van der Waals surface area contributed by atoms with Crippen molar-refractivity contribution >= 4 is 16.5 Å². The van der Waals surface area contributed by atoms with E-state index < -0.39 is 0 Å². The van der Waals surface area contributed by atoms with Crippen LogP contribution in [0, 0.1) is 0 Å². The number of hydrogen-bond donors (Lipinski definition) is 1. The van der Waals surface area contributed by atoms with Gasteiger partial charge in [0.15, 0.2) is 0 Å². The summed E-state index contributed by atoms with van der Waals surface area (Å²) in [6.07, 6.45) is 3.59. The minimum absolute atomic E-state index is 0.808. The summed E-state index contributed by atoms with van der Waals surface area (Å²) in [6, 6.07) is 1.94. The first kappa shape index (κ1) is 6.29. The zero-order valence-electron chi connectivity index (χ0n) is 5.00. The summed E-state index contributed by atoms with van der Waals surface area (Å²) in [5, 5.41) is 4.20. The molecular formula is C6H8N2S. The maximum absolute atomic E-state index is 3.92. The first-order valence-corrected chi connectivity index (χ1v) is 3.46. The van der Waals surface area contributed by atoms with Gasteiger partial charge < -0.3 is 5.32 Å². The van der Waals surface area contributed by atoms with E-state index in [1.165, 1.54) is 11.5 Å². The van der Waals surface area contributed by atoms with E-state index in [-0.39, 0.29) is 0 Å². The Kier molecular flexibility index (Phi) is 2.27. The SMILES string of the molecule is C=CCNc1ccns1. The predicted octanol–water partition coefficient (Wildman–Crippen LogP) is 1.74. The Morgan fingerprint density at radius 1 is 1.89 bits per heavy atom. The van der Waals surface area contributed by atoms with Crippen molar-refractivity contribution in [1.82, 2.24) is 4.37 Å². The predicted molar refractivity (Wildman–Crippen MR) is 40.8 cm³/mol. The van der Waals surface area contributed by atoms with Gasteiger partial charge in [0.2, 0.25) is 0 Å². The summed E-state index contributed by atoms with van der Waals surface area (Å²) in [5.74, 6) is 0. The lowest BCUT2D eigenvalue weighted by atomic mass is 10.6. The second-order valence-electron chi connectivity index (χ2n) is 1.55. The Morgan fingerprint density at radius 3 is 3.33 bits per heavy atom. The molecule has 1 N–H and O–H groups in total. The van der Waals surface area contributed by atoms with Gasteiger partial charge in [-0.3, -0.25) is 0 Å². The van der Waals surface area contributed by atoms with Crippen LogP contribution >= 0.6 is 11.5 Å². The third-order valence-electron chi connectivity index (χ3n) is 0.858. The third-order valence-corrected chi connectivity index (χ3v) is 1.56. The van der Waals surface area contributed by atoms with Crippen LogP contribution in [0.4, 0.5) is 5.00 Å². The molecule has 0 fully saturated rings. The molecule has 0 bridgehead atoms. The number of aromatic nitrogens is 1. The summed E-state index contributed by atoms with van der Waals surface area (Å²) in [5.41, 5.74) is 0. The molecule has 0 spiro atoms. The Labute approximate surface area is 58.4 Å². The average Bonchev–Trinajstić information content (AvgIpc) is 2.34. The van der Waals surface area contributed by atoms with Gasteiger partial charge in [-0.1, -0.05) is 6.08 Å². The van der Waals surface area contributed by atoms with Crippen molar-refractivity contribution in [2.45, 2.75) is 0 Å². The van der Waals surface area contributed by atoms with Crippen molar-refractivity contribution in [3.05, 3.63) is 24.9 Å². The molecule has 48 valence electrons. The van der Waals surface area contributed by atoms with Gasteiger partial charge in [-0.05, 0) is 17.6 Å². The molecule has 2 nitrogen and oxygen atoms in total. The van der Waals surface area contributed by atoms with E-state index in [1.807, 2.05) is 12.1 Å². The fourth-order valence-electron chi connectivity index (χ4n) is 0.480. The van der Waals surface area contributed by atoms with Gasteiger partial charge >= 0.3 is 0 Å². The second-order valence-corrected chi connectivity index (χ2v) is 2.38. The van der Waals surface area contributed by atoms with Crippen LogP contribution < -0.4 is 5.32 Å². The molecular weight excluding hydrogens is 132 g/mol. The fraction of sp³-hybridized carbons (Fsp3) is 0.167. The molecule has 0 aromatic carbocycles. The molecule has 0 saturated heterocycles. The van der Waals surface area contributed by atoms with Gasteiger partial charge in [-0.15, -0.1) is 6.58 Å². The zero-order valence-corrected chi connectivity index (χ0v) is 5.82. The molecule has 0 aliphatic heterocycles. The molecule has 0 aliphatic carbocycles. The van der Waals surface area contributed by atoms with Crippen molar-refractivity contribution < 1.29 is 0 Å². The third kappa shape index (κ3) is 1.85. The molecule has 3 heteroatoms. The molecule has 0 amide bonds. The Balaban J connectivity index is 2.38. The van der Waals surface area contributed by atoms with Crippen LogP contribution in [-0.4, -0.2) is 10.9 Å². The van der Waals surface area contributed by atoms with Gasteiger partial charge in [0, 0.05) is 12.7 Å². The van der Waals surface area contributed by atoms with E-state index in [9.17, 15) is 0 Å². The monoisotopic (exact) mass is 140 g/mol. The van der Waals surface area contributed by atoms with Gasteiger partial charge in [-0.2, -0.15) is 4.37 Å². The summed E-state index contributed by atoms with van der Waals surface area (Å²) < 4.78 is 3.92. The molecule has 1 heterocycles. The maximum atomic E-state index is 3.92. The smallest absolute Gasteiger partial charge is 0.109 e. The summed E-state index contributed by atoms with van der Waals surface area (Å²) >= 11 is 1.45. The average molecular weight is 140 g/mol. The van der Waals surface area contributed by atoms with Crippen LogP contribution in [-0.2, 0) is 0 Å². The van der Waals surface area contributed by atoms with E-state index in [4.69, 9.17) is 0 Å². The Hall–Kier alpha value is -0.830. The normalized spacial score (nSPS) is 8.89. The van der Waals surface area contributed by atoms with Crippen molar-refractivity contribution in [1.29, 1.82) is 0 Å². The molecule has 1 aromatic heterocycles. The van der Waals surface area contributed by atoms with E-state index in [2.05, 4.69) is 16.3 Å². The molecule has 0 radical (unpaired) electrons. The Morgan fingerprint density at radius 2 is 2.78 bits per heavy atom. The van der Waals surface area contributed by atoms with Crippen LogP contribution in [0.15, 0.2) is 24.9 Å². The number of anilines is 1. The highest BCUT2D eigenvalue weighted by Crippen LogP contribution is 2.09. The van der Waals surface area contributed by atoms with E-state index in [0.717, 1.165) is 11.5 Å². The van der Waals surface area contributed by atoms with Crippen molar-refractivity contribution in [3.8, 4) is 0 Å². The van der Waals surface area contributed by atoms with E-state index in [1.54, 1.807) is 6.20 Å². The van der Waals surface area contributed by atoms with Crippen LogP contribution in [0.3, 0.4) is 0 Å². The van der Waals surface area contributed by atoms with Crippen LogP contribution in [0.1, 0.15) is 0 Å². The van der Waals surface area contributed by atoms with Crippen LogP contribution in [0.25, 0.3) is 0 Å². The van der Waals surface area contributed by atoms with Crippen molar-refractivity contribution in [2.24, 2.45) is 0 Å². The van der Waals surface area contributed by atoms with Crippen molar-refractivity contribution in [2.75, 3.05) is 11.9 Å². The largest absolute Gasteiger partial charge is 0.372 e. The lowest BCUT2D eigenvalue weighted by molar-refractivity contribution is 1.37. The van der Waals surface area contributed by atoms with Gasteiger partial charge in [0.05, 0.1) is 0 Å². The molecule has 0 saturated carbocycles. The molecule has 1 rings (SSSR count). The highest BCUT2D eigenvalue weighted by Gasteiger charge is 1.86. The quantitative estimate of drug-likeness (QED) is 0.647. The molecule has 1 aromatic rings. The molecule has 0 aliphatic rings. The van der Waals surface area contributed by atoms with Crippen molar-refractivity contribution in [3.63, 3.8) is 0 Å². The summed E-state index contributed by atoms with van der Waals surface area (Å²) in [6.45, 7) is 4.39. The topological polar surface area (TPSA) is 24.9 Å². The number of rotatable bonds is 3. The first-order chi connectivity index (χ1) is 4.43. The maximum Gasteiger partial charge on any atom is 0.109 e. The van der Waals surface area contributed by atoms with Gasteiger partial charge in [0.25, 0.3) is 0 Å².